The molecular formula is C22H27NO6. The van der Waals surface area contributed by atoms with Crippen LogP contribution in [0.25, 0.3) is 0 Å². The second-order valence-electron chi connectivity index (χ2n) is 7.48. The summed E-state index contributed by atoms with van der Waals surface area (Å²) >= 11 is 0. The van der Waals surface area contributed by atoms with Crippen LogP contribution in [0.4, 0.5) is 4.79 Å². The fourth-order valence-corrected chi connectivity index (χ4v) is 2.73. The van der Waals surface area contributed by atoms with Gasteiger partial charge in [0, 0.05) is 0 Å². The Morgan fingerprint density at radius 1 is 1.03 bits per heavy atom. The van der Waals surface area contributed by atoms with Gasteiger partial charge >= 0.3 is 12.1 Å². The zero-order chi connectivity index (χ0) is 21.4. The number of carboxylic acid groups (broad SMARTS) is 1. The summed E-state index contributed by atoms with van der Waals surface area (Å²) in [5.74, 6) is -0.784. The molecule has 1 atom stereocenters. The second-order valence-corrected chi connectivity index (χ2v) is 7.48. The largest absolute Gasteiger partial charge is 0.496 e. The predicted octanol–water partition coefficient (Wildman–Crippen LogP) is 3.91. The molecule has 0 heterocycles. The van der Waals surface area contributed by atoms with E-state index in [1.54, 1.807) is 39.0 Å². The number of benzene rings is 2. The summed E-state index contributed by atoms with van der Waals surface area (Å²) in [5.41, 5.74) is 0.304. The van der Waals surface area contributed by atoms with Crippen molar-refractivity contribution in [2.45, 2.75) is 38.8 Å². The van der Waals surface area contributed by atoms with E-state index in [0.29, 0.717) is 6.42 Å². The number of carboxylic acids is 1. The average Bonchev–Trinajstić information content (AvgIpc) is 2.64. The number of alkyl carbamates (subject to hydrolysis) is 1. The zero-order valence-electron chi connectivity index (χ0n) is 17.1. The first kappa shape index (κ1) is 22.1. The fraction of sp³-hybridized carbons (Fsp3) is 0.364. The smallest absolute Gasteiger partial charge is 0.408 e. The summed E-state index contributed by atoms with van der Waals surface area (Å²) in [7, 11) is 1.40. The maximum atomic E-state index is 12.2. The number of methoxy groups -OCH3 is 1. The van der Waals surface area contributed by atoms with Crippen molar-refractivity contribution in [3.05, 3.63) is 59.7 Å². The molecule has 0 aliphatic rings. The van der Waals surface area contributed by atoms with Gasteiger partial charge in [0.1, 0.15) is 29.3 Å². The molecule has 0 aliphatic carbocycles. The number of rotatable bonds is 8. The van der Waals surface area contributed by atoms with Crippen LogP contribution in [0.2, 0.25) is 0 Å². The lowest BCUT2D eigenvalue weighted by atomic mass is 10.1. The first-order chi connectivity index (χ1) is 13.7. The molecule has 0 spiro atoms. The minimum atomic E-state index is -1.16. The molecule has 1 amide bonds. The summed E-state index contributed by atoms with van der Waals surface area (Å²) in [6.07, 6.45) is -0.0713. The molecule has 0 aliphatic heterocycles. The molecule has 0 bridgehead atoms. The number of aromatic carboxylic acids is 1. The van der Waals surface area contributed by atoms with Crippen molar-refractivity contribution in [1.82, 2.24) is 5.32 Å². The minimum absolute atomic E-state index is 0.0571. The van der Waals surface area contributed by atoms with Crippen molar-refractivity contribution >= 4 is 12.1 Å². The van der Waals surface area contributed by atoms with Crippen molar-refractivity contribution in [2.75, 3.05) is 13.7 Å². The first-order valence-corrected chi connectivity index (χ1v) is 9.26. The van der Waals surface area contributed by atoms with Gasteiger partial charge in [0.2, 0.25) is 0 Å². The summed E-state index contributed by atoms with van der Waals surface area (Å²) < 4.78 is 16.2. The highest BCUT2D eigenvalue weighted by atomic mass is 16.6. The highest BCUT2D eigenvalue weighted by Gasteiger charge is 2.22. The number of carbonyl (C=O) groups excluding carboxylic acids is 1. The van der Waals surface area contributed by atoms with Gasteiger partial charge in [-0.05, 0) is 44.9 Å². The lowest BCUT2D eigenvalue weighted by Gasteiger charge is -2.24. The van der Waals surface area contributed by atoms with Gasteiger partial charge in [0.15, 0.2) is 0 Å². The number of hydrogen-bond acceptors (Lipinski definition) is 5. The quantitative estimate of drug-likeness (QED) is 0.697. The van der Waals surface area contributed by atoms with E-state index < -0.39 is 23.7 Å². The summed E-state index contributed by atoms with van der Waals surface area (Å²) in [4.78, 5) is 23.9. The Kier molecular flexibility index (Phi) is 7.47. The van der Waals surface area contributed by atoms with Crippen molar-refractivity contribution in [3.63, 3.8) is 0 Å². The molecule has 2 rings (SSSR count). The van der Waals surface area contributed by atoms with Crippen molar-refractivity contribution in [1.29, 1.82) is 0 Å². The van der Waals surface area contributed by atoms with Crippen molar-refractivity contribution in [2.24, 2.45) is 0 Å². The van der Waals surface area contributed by atoms with E-state index in [0.717, 1.165) is 5.56 Å². The Hall–Kier alpha value is -3.22. The Morgan fingerprint density at radius 3 is 2.28 bits per heavy atom. The lowest BCUT2D eigenvalue weighted by Crippen LogP contribution is -2.43. The molecule has 0 saturated heterocycles. The monoisotopic (exact) mass is 401 g/mol. The number of ether oxygens (including phenoxy) is 3. The Bertz CT molecular complexity index is 829. The highest BCUT2D eigenvalue weighted by Crippen LogP contribution is 2.28. The average molecular weight is 401 g/mol. The number of amides is 1. The van der Waals surface area contributed by atoms with Crippen LogP contribution in [0.5, 0.6) is 11.5 Å². The van der Waals surface area contributed by atoms with E-state index in [9.17, 15) is 14.7 Å². The number of nitrogens with one attached hydrogen (secondary N) is 1. The van der Waals surface area contributed by atoms with Gasteiger partial charge in [-0.1, -0.05) is 36.4 Å². The Labute approximate surface area is 170 Å². The molecule has 2 aromatic carbocycles. The van der Waals surface area contributed by atoms with Crippen LogP contribution in [0, 0.1) is 0 Å². The van der Waals surface area contributed by atoms with Gasteiger partial charge in [0.05, 0.1) is 13.2 Å². The topological polar surface area (TPSA) is 94.1 Å². The second kappa shape index (κ2) is 9.82. The first-order valence-electron chi connectivity index (χ1n) is 9.26. The van der Waals surface area contributed by atoms with Crippen LogP contribution in [-0.2, 0) is 11.2 Å². The van der Waals surface area contributed by atoms with E-state index in [1.807, 2.05) is 30.3 Å². The molecular weight excluding hydrogens is 374 g/mol. The van der Waals surface area contributed by atoms with E-state index >= 15 is 0 Å². The highest BCUT2D eigenvalue weighted by molar-refractivity contribution is 5.94. The molecule has 156 valence electrons. The van der Waals surface area contributed by atoms with Gasteiger partial charge in [-0.25, -0.2) is 9.59 Å². The van der Waals surface area contributed by atoms with Crippen LogP contribution in [0.15, 0.2) is 48.5 Å². The molecule has 2 aromatic rings. The SMILES string of the molecule is COc1cccc(OC[C@@H](Cc2ccccc2)NC(=O)OC(C)(C)C)c1C(=O)O. The summed E-state index contributed by atoms with van der Waals surface area (Å²) in [5, 5.41) is 12.3. The minimum Gasteiger partial charge on any atom is -0.496 e. The zero-order valence-corrected chi connectivity index (χ0v) is 17.1. The predicted molar refractivity (Wildman–Crippen MR) is 109 cm³/mol. The molecule has 0 saturated carbocycles. The number of hydrogen-bond donors (Lipinski definition) is 2. The molecule has 0 fully saturated rings. The maximum absolute atomic E-state index is 12.2. The van der Waals surface area contributed by atoms with E-state index in [-0.39, 0.29) is 23.7 Å². The maximum Gasteiger partial charge on any atom is 0.408 e. The van der Waals surface area contributed by atoms with Crippen LogP contribution < -0.4 is 14.8 Å². The molecule has 29 heavy (non-hydrogen) atoms. The molecule has 0 radical (unpaired) electrons. The van der Waals surface area contributed by atoms with Gasteiger partial charge in [-0.3, -0.25) is 0 Å². The third kappa shape index (κ3) is 7.03. The van der Waals surface area contributed by atoms with Gasteiger partial charge in [0.25, 0.3) is 0 Å². The Morgan fingerprint density at radius 2 is 1.69 bits per heavy atom. The standard InChI is InChI=1S/C22H27NO6/c1-22(2,3)29-21(26)23-16(13-15-9-6-5-7-10-15)14-28-18-12-8-11-17(27-4)19(18)20(24)25/h5-12,16H,13-14H2,1-4H3,(H,23,26)(H,24,25)/t16-/m1/s1. The molecule has 2 N–H and O–H groups in total. The Balaban J connectivity index is 2.17. The normalized spacial score (nSPS) is 12.0. The lowest BCUT2D eigenvalue weighted by molar-refractivity contribution is 0.0485. The molecule has 0 unspecified atom stereocenters. The third-order valence-corrected chi connectivity index (χ3v) is 3.91. The molecule has 7 heteroatoms. The van der Waals surface area contributed by atoms with Crippen LogP contribution in [0.1, 0.15) is 36.7 Å². The van der Waals surface area contributed by atoms with Crippen molar-refractivity contribution in [3.8, 4) is 11.5 Å². The molecule has 7 nitrogen and oxygen atoms in total. The molecule has 0 aromatic heterocycles. The van der Waals surface area contributed by atoms with Crippen LogP contribution in [-0.4, -0.2) is 42.5 Å². The van der Waals surface area contributed by atoms with Gasteiger partial charge in [-0.2, -0.15) is 0 Å². The summed E-state index contributed by atoms with van der Waals surface area (Å²) in [6.45, 7) is 5.40. The van der Waals surface area contributed by atoms with E-state index in [2.05, 4.69) is 5.32 Å². The van der Waals surface area contributed by atoms with E-state index in [4.69, 9.17) is 14.2 Å². The fourth-order valence-electron chi connectivity index (χ4n) is 2.73. The van der Waals surface area contributed by atoms with Crippen LogP contribution >= 0.6 is 0 Å². The number of carbonyl (C=O) groups is 2. The third-order valence-electron chi connectivity index (χ3n) is 3.91. The summed E-state index contributed by atoms with van der Waals surface area (Å²) in [6, 6.07) is 13.9. The van der Waals surface area contributed by atoms with Crippen molar-refractivity contribution < 1.29 is 28.9 Å². The van der Waals surface area contributed by atoms with Gasteiger partial charge in [-0.15, -0.1) is 0 Å². The van der Waals surface area contributed by atoms with Crippen LogP contribution in [0.3, 0.4) is 0 Å². The van der Waals surface area contributed by atoms with Gasteiger partial charge < -0.3 is 24.6 Å². The van der Waals surface area contributed by atoms with E-state index in [1.165, 1.54) is 7.11 Å².